The van der Waals surface area contributed by atoms with Crippen LogP contribution in [0.1, 0.15) is 29.6 Å². The van der Waals surface area contributed by atoms with E-state index in [2.05, 4.69) is 0 Å². The Balaban J connectivity index is 2.19. The summed E-state index contributed by atoms with van der Waals surface area (Å²) >= 11 is 0. The molecule has 2 N–H and O–H groups in total. The lowest BCUT2D eigenvalue weighted by atomic mass is 10.1. The minimum atomic E-state index is -0.519. The zero-order valence-electron chi connectivity index (χ0n) is 9.90. The molecule has 1 fully saturated rings. The molecule has 5 heteroatoms. The van der Waals surface area contributed by atoms with Gasteiger partial charge in [-0.05, 0) is 31.0 Å². The summed E-state index contributed by atoms with van der Waals surface area (Å²) in [5, 5.41) is 8.59. The number of amides is 1. The third kappa shape index (κ3) is 2.77. The fraction of sp³-hybridized carbons (Fsp3) is 0.385. The van der Waals surface area contributed by atoms with Gasteiger partial charge in [0.25, 0.3) is 5.91 Å². The summed E-state index contributed by atoms with van der Waals surface area (Å²) in [7, 11) is 0. The van der Waals surface area contributed by atoms with Crippen molar-refractivity contribution in [3.8, 4) is 6.07 Å². The van der Waals surface area contributed by atoms with Crippen LogP contribution >= 0.6 is 0 Å². The summed E-state index contributed by atoms with van der Waals surface area (Å²) in [6.07, 6.45) is 2.18. The lowest BCUT2D eigenvalue weighted by Gasteiger charge is -2.21. The van der Waals surface area contributed by atoms with Gasteiger partial charge in [-0.15, -0.1) is 0 Å². The van der Waals surface area contributed by atoms with E-state index in [4.69, 9.17) is 11.0 Å². The maximum Gasteiger partial charge on any atom is 0.254 e. The number of rotatable bonds is 4. The summed E-state index contributed by atoms with van der Waals surface area (Å²) in [6.45, 7) is 0.385. The molecule has 94 valence electrons. The van der Waals surface area contributed by atoms with Gasteiger partial charge in [0.2, 0.25) is 0 Å². The number of halogens is 1. The minimum absolute atomic E-state index is 0.190. The molecule has 2 rings (SSSR count). The first-order valence-electron chi connectivity index (χ1n) is 5.86. The van der Waals surface area contributed by atoms with E-state index in [9.17, 15) is 9.18 Å². The van der Waals surface area contributed by atoms with Crippen LogP contribution < -0.4 is 5.73 Å². The molecule has 1 aliphatic carbocycles. The van der Waals surface area contributed by atoms with E-state index in [1.54, 1.807) is 4.90 Å². The quantitative estimate of drug-likeness (QED) is 0.826. The monoisotopic (exact) mass is 247 g/mol. The highest BCUT2D eigenvalue weighted by Gasteiger charge is 2.32. The van der Waals surface area contributed by atoms with Gasteiger partial charge in [-0.3, -0.25) is 4.79 Å². The third-order valence-corrected chi connectivity index (χ3v) is 2.88. The summed E-state index contributed by atoms with van der Waals surface area (Å²) < 4.78 is 13.2. The van der Waals surface area contributed by atoms with Crippen LogP contribution in [0.25, 0.3) is 0 Å². The fourth-order valence-electron chi connectivity index (χ4n) is 1.91. The Morgan fingerprint density at radius 3 is 2.78 bits per heavy atom. The first kappa shape index (κ1) is 12.4. The Morgan fingerprint density at radius 2 is 2.22 bits per heavy atom. The summed E-state index contributed by atoms with van der Waals surface area (Å²) in [5.41, 5.74) is 6.00. The van der Waals surface area contributed by atoms with Crippen LogP contribution in [0.15, 0.2) is 18.2 Å². The highest BCUT2D eigenvalue weighted by atomic mass is 19.1. The van der Waals surface area contributed by atoms with Crippen LogP contribution in [-0.2, 0) is 0 Å². The van der Waals surface area contributed by atoms with Crippen molar-refractivity contribution < 1.29 is 9.18 Å². The predicted octanol–water partition coefficient (Wildman–Crippen LogP) is 1.93. The van der Waals surface area contributed by atoms with Crippen molar-refractivity contribution in [1.82, 2.24) is 4.90 Å². The van der Waals surface area contributed by atoms with Crippen molar-refractivity contribution in [2.24, 2.45) is 0 Å². The van der Waals surface area contributed by atoms with Gasteiger partial charge >= 0.3 is 0 Å². The molecule has 4 nitrogen and oxygen atoms in total. The zero-order valence-corrected chi connectivity index (χ0v) is 9.90. The van der Waals surface area contributed by atoms with E-state index in [-0.39, 0.29) is 29.6 Å². The van der Waals surface area contributed by atoms with Gasteiger partial charge in [0, 0.05) is 23.8 Å². The van der Waals surface area contributed by atoms with Crippen LogP contribution in [0, 0.1) is 17.1 Å². The van der Waals surface area contributed by atoms with E-state index in [0.29, 0.717) is 6.54 Å². The number of hydrogen-bond acceptors (Lipinski definition) is 3. The number of nitrogen functional groups attached to an aromatic ring is 1. The molecule has 1 amide bonds. The molecule has 0 saturated heterocycles. The van der Waals surface area contributed by atoms with Crippen molar-refractivity contribution in [2.45, 2.75) is 25.3 Å². The number of anilines is 1. The van der Waals surface area contributed by atoms with E-state index in [1.807, 2.05) is 6.07 Å². The number of nitriles is 1. The van der Waals surface area contributed by atoms with Gasteiger partial charge in [0.15, 0.2) is 0 Å². The van der Waals surface area contributed by atoms with Crippen molar-refractivity contribution in [3.63, 3.8) is 0 Å². The summed E-state index contributed by atoms with van der Waals surface area (Å²) in [4.78, 5) is 13.9. The van der Waals surface area contributed by atoms with Crippen molar-refractivity contribution in [3.05, 3.63) is 29.6 Å². The van der Waals surface area contributed by atoms with E-state index >= 15 is 0 Å². The van der Waals surface area contributed by atoms with Crippen LogP contribution in [-0.4, -0.2) is 23.4 Å². The van der Waals surface area contributed by atoms with Crippen molar-refractivity contribution in [2.75, 3.05) is 12.3 Å². The Bertz CT molecular complexity index is 485. The van der Waals surface area contributed by atoms with E-state index in [0.717, 1.165) is 12.8 Å². The maximum atomic E-state index is 13.2. The van der Waals surface area contributed by atoms with Gasteiger partial charge in [0.1, 0.15) is 5.82 Å². The average molecular weight is 247 g/mol. The second-order valence-electron chi connectivity index (χ2n) is 4.41. The maximum absolute atomic E-state index is 13.2. The van der Waals surface area contributed by atoms with Crippen LogP contribution in [0.2, 0.25) is 0 Å². The van der Waals surface area contributed by atoms with Crippen molar-refractivity contribution >= 4 is 11.6 Å². The predicted molar refractivity (Wildman–Crippen MR) is 65.1 cm³/mol. The molecule has 1 aromatic rings. The minimum Gasteiger partial charge on any atom is -0.399 e. The third-order valence-electron chi connectivity index (χ3n) is 2.88. The molecule has 0 aromatic heterocycles. The number of carbonyl (C=O) groups excluding carboxylic acids is 1. The normalized spacial score (nSPS) is 14.0. The van der Waals surface area contributed by atoms with Crippen molar-refractivity contribution in [1.29, 1.82) is 5.26 Å². The van der Waals surface area contributed by atoms with E-state index < -0.39 is 5.82 Å². The lowest BCUT2D eigenvalue weighted by Crippen LogP contribution is -2.34. The number of benzene rings is 1. The summed E-state index contributed by atoms with van der Waals surface area (Å²) in [6, 6.07) is 6.03. The number of hydrogen-bond donors (Lipinski definition) is 1. The van der Waals surface area contributed by atoms with Gasteiger partial charge in [-0.1, -0.05) is 0 Å². The Kier molecular flexibility index (Phi) is 3.47. The highest BCUT2D eigenvalue weighted by molar-refractivity contribution is 5.95. The molecule has 0 radical (unpaired) electrons. The fourth-order valence-corrected chi connectivity index (χ4v) is 1.91. The second kappa shape index (κ2) is 5.05. The molecule has 1 aromatic carbocycles. The molecule has 1 aliphatic rings. The van der Waals surface area contributed by atoms with Gasteiger partial charge < -0.3 is 10.6 Å². The van der Waals surface area contributed by atoms with Crippen LogP contribution in [0.4, 0.5) is 10.1 Å². The molecule has 0 bridgehead atoms. The Hall–Kier alpha value is -2.09. The number of nitrogens with zero attached hydrogens (tertiary/aromatic N) is 2. The van der Waals surface area contributed by atoms with Crippen LogP contribution in [0.5, 0.6) is 0 Å². The molecular weight excluding hydrogens is 233 g/mol. The molecule has 0 aliphatic heterocycles. The topological polar surface area (TPSA) is 70.1 Å². The average Bonchev–Trinajstić information content (AvgIpc) is 3.12. The molecule has 0 spiro atoms. The molecule has 1 saturated carbocycles. The van der Waals surface area contributed by atoms with Gasteiger partial charge in [-0.2, -0.15) is 5.26 Å². The Labute approximate surface area is 105 Å². The zero-order chi connectivity index (χ0) is 13.1. The summed E-state index contributed by atoms with van der Waals surface area (Å²) in [5.74, 6) is -0.770. The molecule has 0 heterocycles. The molecule has 0 unspecified atom stereocenters. The van der Waals surface area contributed by atoms with Gasteiger partial charge in [0.05, 0.1) is 12.5 Å². The first-order valence-corrected chi connectivity index (χ1v) is 5.86. The van der Waals surface area contributed by atoms with E-state index in [1.165, 1.54) is 18.2 Å². The number of carbonyl (C=O) groups is 1. The standard InChI is InChI=1S/C13H14FN3O/c14-10-6-9(7-11(16)8-10)13(18)17(5-1-4-15)12-2-3-12/h6-8,12H,1-3,5,16H2. The smallest absolute Gasteiger partial charge is 0.254 e. The number of nitrogens with two attached hydrogens (primary N) is 1. The first-order chi connectivity index (χ1) is 8.61. The highest BCUT2D eigenvalue weighted by Crippen LogP contribution is 2.28. The lowest BCUT2D eigenvalue weighted by molar-refractivity contribution is 0.0746. The molecule has 0 atom stereocenters. The van der Waals surface area contributed by atoms with Gasteiger partial charge in [-0.25, -0.2) is 4.39 Å². The second-order valence-corrected chi connectivity index (χ2v) is 4.41. The SMILES string of the molecule is N#CCCN(C(=O)c1cc(N)cc(F)c1)C1CC1. The Morgan fingerprint density at radius 1 is 1.50 bits per heavy atom. The van der Waals surface area contributed by atoms with Crippen LogP contribution in [0.3, 0.4) is 0 Å². The molecular formula is C13H14FN3O. The molecule has 18 heavy (non-hydrogen) atoms. The largest absolute Gasteiger partial charge is 0.399 e.